The van der Waals surface area contributed by atoms with Crippen LogP contribution < -0.4 is 30.3 Å². The summed E-state index contributed by atoms with van der Waals surface area (Å²) in [6.45, 7) is 5.82. The van der Waals surface area contributed by atoms with Crippen LogP contribution >= 0.6 is 0 Å². The molecule has 0 aromatic heterocycles. The molecule has 0 fully saturated rings. The zero-order valence-corrected chi connectivity index (χ0v) is 19.9. The van der Waals surface area contributed by atoms with Crippen molar-refractivity contribution in [3.63, 3.8) is 0 Å². The SMILES string of the molecule is C=C(NOC(=O)Nc1ccc(C)cc1)c1ccc(NC(=O)c2cc(OC)c(OC)c(OC)c2)cc1. The fourth-order valence-electron chi connectivity index (χ4n) is 3.12. The van der Waals surface area contributed by atoms with Gasteiger partial charge in [0.2, 0.25) is 5.75 Å². The van der Waals surface area contributed by atoms with Gasteiger partial charge in [0.25, 0.3) is 5.91 Å². The van der Waals surface area contributed by atoms with Crippen LogP contribution in [0.5, 0.6) is 17.2 Å². The first-order chi connectivity index (χ1) is 16.8. The van der Waals surface area contributed by atoms with E-state index in [1.54, 1.807) is 48.5 Å². The molecule has 9 heteroatoms. The van der Waals surface area contributed by atoms with Crippen LogP contribution in [0.3, 0.4) is 0 Å². The zero-order valence-electron chi connectivity index (χ0n) is 19.9. The summed E-state index contributed by atoms with van der Waals surface area (Å²) < 4.78 is 15.9. The van der Waals surface area contributed by atoms with E-state index in [1.165, 1.54) is 21.3 Å². The van der Waals surface area contributed by atoms with Gasteiger partial charge >= 0.3 is 6.09 Å². The predicted molar refractivity (Wildman–Crippen MR) is 134 cm³/mol. The number of hydrogen-bond donors (Lipinski definition) is 3. The van der Waals surface area contributed by atoms with Gasteiger partial charge in [-0.25, -0.2) is 10.3 Å². The summed E-state index contributed by atoms with van der Waals surface area (Å²) in [7, 11) is 4.45. The Morgan fingerprint density at radius 1 is 0.743 bits per heavy atom. The second kappa shape index (κ2) is 11.5. The van der Waals surface area contributed by atoms with E-state index in [0.717, 1.165) is 5.56 Å². The summed E-state index contributed by atoms with van der Waals surface area (Å²) in [5.74, 6) is 0.795. The number of hydrogen-bond acceptors (Lipinski definition) is 7. The van der Waals surface area contributed by atoms with E-state index in [1.807, 2.05) is 19.1 Å². The van der Waals surface area contributed by atoms with Crippen LogP contribution in [-0.2, 0) is 4.84 Å². The number of methoxy groups -OCH3 is 3. The van der Waals surface area contributed by atoms with Gasteiger partial charge in [0, 0.05) is 22.5 Å². The van der Waals surface area contributed by atoms with Crippen molar-refractivity contribution < 1.29 is 28.6 Å². The van der Waals surface area contributed by atoms with Gasteiger partial charge in [-0.2, -0.15) is 0 Å². The quantitative estimate of drug-likeness (QED) is 0.373. The van der Waals surface area contributed by atoms with Crippen molar-refractivity contribution in [3.8, 4) is 17.2 Å². The van der Waals surface area contributed by atoms with E-state index in [0.29, 0.717) is 45.4 Å². The lowest BCUT2D eigenvalue weighted by Crippen LogP contribution is -2.22. The minimum absolute atomic E-state index is 0.336. The van der Waals surface area contributed by atoms with Crippen molar-refractivity contribution in [2.75, 3.05) is 32.0 Å². The molecule has 182 valence electrons. The number of benzene rings is 3. The number of hydroxylamine groups is 1. The highest BCUT2D eigenvalue weighted by molar-refractivity contribution is 6.05. The molecule has 0 bridgehead atoms. The third-order valence-electron chi connectivity index (χ3n) is 4.98. The smallest absolute Gasteiger partial charge is 0.435 e. The van der Waals surface area contributed by atoms with Gasteiger partial charge in [-0.15, -0.1) is 0 Å². The van der Waals surface area contributed by atoms with Gasteiger partial charge in [0.15, 0.2) is 11.5 Å². The van der Waals surface area contributed by atoms with Crippen molar-refractivity contribution in [2.45, 2.75) is 6.92 Å². The molecule has 0 heterocycles. The molecule has 2 amide bonds. The van der Waals surface area contributed by atoms with Gasteiger partial charge in [0.1, 0.15) is 0 Å². The second-order valence-corrected chi connectivity index (χ2v) is 7.41. The fourth-order valence-corrected chi connectivity index (χ4v) is 3.12. The molecule has 9 nitrogen and oxygen atoms in total. The van der Waals surface area contributed by atoms with Crippen molar-refractivity contribution >= 4 is 29.1 Å². The Bertz CT molecular complexity index is 1180. The largest absolute Gasteiger partial charge is 0.493 e. The lowest BCUT2D eigenvalue weighted by Gasteiger charge is -2.14. The van der Waals surface area contributed by atoms with Crippen LogP contribution in [0.15, 0.2) is 67.2 Å². The van der Waals surface area contributed by atoms with Crippen LogP contribution in [-0.4, -0.2) is 33.3 Å². The molecule has 0 spiro atoms. The predicted octanol–water partition coefficient (Wildman–Crippen LogP) is 5.00. The molecule has 3 aromatic carbocycles. The molecule has 0 saturated heterocycles. The number of anilines is 2. The Labute approximate surface area is 203 Å². The van der Waals surface area contributed by atoms with Crippen molar-refractivity contribution in [1.29, 1.82) is 0 Å². The normalized spacial score (nSPS) is 10.1. The number of aryl methyl sites for hydroxylation is 1. The maximum atomic E-state index is 12.8. The number of ether oxygens (including phenoxy) is 3. The van der Waals surface area contributed by atoms with E-state index in [4.69, 9.17) is 19.0 Å². The first-order valence-electron chi connectivity index (χ1n) is 10.6. The van der Waals surface area contributed by atoms with Gasteiger partial charge in [-0.1, -0.05) is 36.4 Å². The summed E-state index contributed by atoms with van der Waals surface area (Å²) >= 11 is 0. The Morgan fingerprint density at radius 3 is 1.83 bits per heavy atom. The van der Waals surface area contributed by atoms with Crippen LogP contribution in [0.25, 0.3) is 5.70 Å². The lowest BCUT2D eigenvalue weighted by atomic mass is 10.1. The number of carbonyl (C=O) groups is 2. The fraction of sp³-hybridized carbons (Fsp3) is 0.154. The van der Waals surface area contributed by atoms with Crippen LogP contribution in [0.4, 0.5) is 16.2 Å². The average molecular weight is 478 g/mol. The summed E-state index contributed by atoms with van der Waals surface area (Å²) in [5.41, 5.74) is 6.13. The highest BCUT2D eigenvalue weighted by Crippen LogP contribution is 2.38. The zero-order chi connectivity index (χ0) is 25.4. The lowest BCUT2D eigenvalue weighted by molar-refractivity contribution is 0.102. The Kier molecular flexibility index (Phi) is 8.18. The van der Waals surface area contributed by atoms with Crippen molar-refractivity contribution in [2.24, 2.45) is 0 Å². The second-order valence-electron chi connectivity index (χ2n) is 7.41. The summed E-state index contributed by atoms with van der Waals surface area (Å²) in [6.07, 6.45) is -0.677. The molecule has 0 aliphatic carbocycles. The molecular weight excluding hydrogens is 450 g/mol. The molecule has 0 saturated carbocycles. The summed E-state index contributed by atoms with van der Waals surface area (Å²) in [5, 5.41) is 5.42. The Hall–Kier alpha value is -4.66. The Morgan fingerprint density at radius 2 is 1.29 bits per heavy atom. The number of amides is 2. The van der Waals surface area contributed by atoms with E-state index in [9.17, 15) is 9.59 Å². The van der Waals surface area contributed by atoms with Crippen LogP contribution in [0, 0.1) is 6.92 Å². The molecule has 0 radical (unpaired) electrons. The molecule has 0 aliphatic rings. The molecule has 3 N–H and O–H groups in total. The van der Waals surface area contributed by atoms with Gasteiger partial charge < -0.3 is 24.4 Å². The Balaban J connectivity index is 1.58. The van der Waals surface area contributed by atoms with Gasteiger partial charge in [-0.3, -0.25) is 10.1 Å². The highest BCUT2D eigenvalue weighted by Gasteiger charge is 2.17. The number of carbonyl (C=O) groups excluding carboxylic acids is 2. The first kappa shape index (κ1) is 25.0. The molecule has 0 atom stereocenters. The standard InChI is InChI=1S/C26H27N3O6/c1-16-6-10-21(11-7-16)28-26(31)35-29-17(2)18-8-12-20(13-9-18)27-25(30)19-14-22(32-3)24(34-5)23(15-19)33-4/h6-15,29H,2H2,1,3-5H3,(H,27,30)(H,28,31). The minimum atomic E-state index is -0.677. The maximum absolute atomic E-state index is 12.8. The maximum Gasteiger partial charge on any atom is 0.435 e. The van der Waals surface area contributed by atoms with Crippen molar-refractivity contribution in [3.05, 3.63) is 83.9 Å². The van der Waals surface area contributed by atoms with Crippen molar-refractivity contribution in [1.82, 2.24) is 5.48 Å². The summed E-state index contributed by atoms with van der Waals surface area (Å²) in [6, 6.07) is 17.3. The number of rotatable bonds is 9. The monoisotopic (exact) mass is 477 g/mol. The molecule has 35 heavy (non-hydrogen) atoms. The summed E-state index contributed by atoms with van der Waals surface area (Å²) in [4.78, 5) is 29.7. The van der Waals surface area contributed by atoms with Crippen LogP contribution in [0.1, 0.15) is 21.5 Å². The molecule has 3 aromatic rings. The van der Waals surface area contributed by atoms with E-state index < -0.39 is 6.09 Å². The van der Waals surface area contributed by atoms with E-state index >= 15 is 0 Å². The van der Waals surface area contributed by atoms with Gasteiger partial charge in [-0.05, 0) is 43.3 Å². The van der Waals surface area contributed by atoms with E-state index in [2.05, 4.69) is 22.7 Å². The third-order valence-corrected chi connectivity index (χ3v) is 4.98. The van der Waals surface area contributed by atoms with Crippen LogP contribution in [0.2, 0.25) is 0 Å². The highest BCUT2D eigenvalue weighted by atomic mass is 16.7. The topological polar surface area (TPSA) is 107 Å². The minimum Gasteiger partial charge on any atom is -0.493 e. The average Bonchev–Trinajstić information content (AvgIpc) is 2.88. The molecule has 0 unspecified atom stereocenters. The first-order valence-corrected chi connectivity index (χ1v) is 10.6. The van der Waals surface area contributed by atoms with E-state index in [-0.39, 0.29) is 5.91 Å². The molecule has 3 rings (SSSR count). The number of nitrogens with one attached hydrogen (secondary N) is 3. The molecular formula is C26H27N3O6. The van der Waals surface area contributed by atoms with Gasteiger partial charge in [0.05, 0.1) is 27.0 Å². The molecule has 0 aliphatic heterocycles. The third kappa shape index (κ3) is 6.44.